The van der Waals surface area contributed by atoms with Crippen molar-refractivity contribution in [2.75, 3.05) is 5.73 Å². The first kappa shape index (κ1) is 9.43. The van der Waals surface area contributed by atoms with Crippen molar-refractivity contribution in [2.24, 2.45) is 0 Å². The smallest absolute Gasteiger partial charge is 0.221 e. The summed E-state index contributed by atoms with van der Waals surface area (Å²) in [6, 6.07) is 4.06. The molecule has 2 aromatic rings. The van der Waals surface area contributed by atoms with E-state index in [0.29, 0.717) is 5.15 Å². The van der Waals surface area contributed by atoms with Gasteiger partial charge in [-0.1, -0.05) is 17.7 Å². The van der Waals surface area contributed by atoms with Gasteiger partial charge in [-0.25, -0.2) is 9.97 Å². The van der Waals surface area contributed by atoms with E-state index in [0.717, 1.165) is 12.0 Å². The molecule has 2 aromatic heterocycles. The molecule has 2 heterocycles. The zero-order valence-electron chi connectivity index (χ0n) is 7.27. The topological polar surface area (TPSA) is 51.8 Å². The second-order valence-corrected chi connectivity index (χ2v) is 4.19. The van der Waals surface area contributed by atoms with Crippen molar-refractivity contribution < 1.29 is 0 Å². The molecule has 0 radical (unpaired) electrons. The summed E-state index contributed by atoms with van der Waals surface area (Å²) < 4.78 is 0. The Morgan fingerprint density at radius 3 is 3.00 bits per heavy atom. The van der Waals surface area contributed by atoms with E-state index in [9.17, 15) is 0 Å². The highest BCUT2D eigenvalue weighted by atomic mass is 35.5. The maximum Gasteiger partial charge on any atom is 0.221 e. The maximum atomic E-state index is 5.92. The SMILES string of the molecule is Nc1ncc(Cc2cccs2)c(Cl)n1. The minimum atomic E-state index is 0.213. The lowest BCUT2D eigenvalue weighted by atomic mass is 10.2. The van der Waals surface area contributed by atoms with Gasteiger partial charge in [-0.2, -0.15) is 0 Å². The third-order valence-electron chi connectivity index (χ3n) is 1.78. The summed E-state index contributed by atoms with van der Waals surface area (Å²) in [5.41, 5.74) is 6.30. The maximum absolute atomic E-state index is 5.92. The zero-order chi connectivity index (χ0) is 9.97. The second-order valence-electron chi connectivity index (χ2n) is 2.80. The molecule has 72 valence electrons. The van der Waals surface area contributed by atoms with Crippen molar-refractivity contribution in [3.8, 4) is 0 Å². The molecule has 0 aromatic carbocycles. The first-order valence-corrected chi connectivity index (χ1v) is 5.31. The Kier molecular flexibility index (Phi) is 2.65. The summed E-state index contributed by atoms with van der Waals surface area (Å²) in [6.07, 6.45) is 2.43. The number of aromatic nitrogens is 2. The van der Waals surface area contributed by atoms with Crippen LogP contribution in [-0.4, -0.2) is 9.97 Å². The van der Waals surface area contributed by atoms with Crippen molar-refractivity contribution in [3.05, 3.63) is 39.3 Å². The summed E-state index contributed by atoms with van der Waals surface area (Å²) in [7, 11) is 0. The van der Waals surface area contributed by atoms with Crippen LogP contribution < -0.4 is 5.73 Å². The Balaban J connectivity index is 2.25. The molecule has 2 rings (SSSR count). The molecular formula is C9H8ClN3S. The Morgan fingerprint density at radius 1 is 1.50 bits per heavy atom. The van der Waals surface area contributed by atoms with Crippen LogP contribution in [0, 0.1) is 0 Å². The lowest BCUT2D eigenvalue weighted by Gasteiger charge is -2.01. The van der Waals surface area contributed by atoms with Crippen LogP contribution in [0.25, 0.3) is 0 Å². The fourth-order valence-corrected chi connectivity index (χ4v) is 2.05. The molecule has 0 saturated heterocycles. The summed E-state index contributed by atoms with van der Waals surface area (Å²) in [5.74, 6) is 0.213. The largest absolute Gasteiger partial charge is 0.368 e. The number of hydrogen-bond acceptors (Lipinski definition) is 4. The van der Waals surface area contributed by atoms with E-state index in [1.54, 1.807) is 17.5 Å². The number of halogens is 1. The average molecular weight is 226 g/mol. The van der Waals surface area contributed by atoms with E-state index in [2.05, 4.69) is 16.0 Å². The standard InChI is InChI=1S/C9H8ClN3S/c10-8-6(5-12-9(11)13-8)4-7-2-1-3-14-7/h1-3,5H,4H2,(H2,11,12,13). The third kappa shape index (κ3) is 2.02. The summed E-state index contributed by atoms with van der Waals surface area (Å²) in [5, 5.41) is 2.47. The number of nitrogen functional groups attached to an aromatic ring is 1. The highest BCUT2D eigenvalue weighted by molar-refractivity contribution is 7.09. The first-order valence-electron chi connectivity index (χ1n) is 4.05. The van der Waals surface area contributed by atoms with Gasteiger partial charge in [0.15, 0.2) is 0 Å². The predicted octanol–water partition coefficient (Wildman–Crippen LogP) is 2.36. The molecular weight excluding hydrogens is 218 g/mol. The molecule has 0 unspecified atom stereocenters. The Labute approximate surface area is 90.6 Å². The van der Waals surface area contributed by atoms with Crippen molar-refractivity contribution in [1.29, 1.82) is 0 Å². The highest BCUT2D eigenvalue weighted by Gasteiger charge is 2.04. The van der Waals surface area contributed by atoms with Crippen molar-refractivity contribution in [1.82, 2.24) is 9.97 Å². The molecule has 0 aliphatic rings. The van der Waals surface area contributed by atoms with Crippen LogP contribution in [0.2, 0.25) is 5.15 Å². The molecule has 0 fully saturated rings. The van der Waals surface area contributed by atoms with Gasteiger partial charge in [0.25, 0.3) is 0 Å². The lowest BCUT2D eigenvalue weighted by Crippen LogP contribution is -1.98. The molecule has 0 bridgehead atoms. The van der Waals surface area contributed by atoms with Crippen molar-refractivity contribution in [3.63, 3.8) is 0 Å². The van der Waals surface area contributed by atoms with Crippen LogP contribution in [-0.2, 0) is 6.42 Å². The van der Waals surface area contributed by atoms with Gasteiger partial charge in [-0.3, -0.25) is 0 Å². The van der Waals surface area contributed by atoms with Gasteiger partial charge in [0, 0.05) is 23.1 Å². The minimum Gasteiger partial charge on any atom is -0.368 e. The normalized spacial score (nSPS) is 10.4. The van der Waals surface area contributed by atoms with E-state index in [1.165, 1.54) is 4.88 Å². The Bertz CT molecular complexity index is 428. The van der Waals surface area contributed by atoms with Crippen LogP contribution >= 0.6 is 22.9 Å². The van der Waals surface area contributed by atoms with E-state index >= 15 is 0 Å². The molecule has 0 amide bonds. The van der Waals surface area contributed by atoms with Crippen LogP contribution in [0.15, 0.2) is 23.7 Å². The number of rotatable bonds is 2. The molecule has 2 N–H and O–H groups in total. The fourth-order valence-electron chi connectivity index (χ4n) is 1.12. The fraction of sp³-hybridized carbons (Fsp3) is 0.111. The lowest BCUT2D eigenvalue weighted by molar-refractivity contribution is 1.10. The van der Waals surface area contributed by atoms with Gasteiger partial charge in [-0.05, 0) is 11.4 Å². The van der Waals surface area contributed by atoms with Crippen molar-refractivity contribution in [2.45, 2.75) is 6.42 Å². The molecule has 0 atom stereocenters. The van der Waals surface area contributed by atoms with Gasteiger partial charge in [0.05, 0.1) is 0 Å². The van der Waals surface area contributed by atoms with Crippen LogP contribution in [0.3, 0.4) is 0 Å². The molecule has 0 aliphatic carbocycles. The van der Waals surface area contributed by atoms with Crippen LogP contribution in [0.1, 0.15) is 10.4 Å². The molecule has 0 aliphatic heterocycles. The zero-order valence-corrected chi connectivity index (χ0v) is 8.85. The van der Waals surface area contributed by atoms with Gasteiger partial charge in [0.2, 0.25) is 5.95 Å². The molecule has 3 nitrogen and oxygen atoms in total. The monoisotopic (exact) mass is 225 g/mol. The molecule has 14 heavy (non-hydrogen) atoms. The predicted molar refractivity (Wildman–Crippen MR) is 58.6 cm³/mol. The van der Waals surface area contributed by atoms with Gasteiger partial charge < -0.3 is 5.73 Å². The quantitative estimate of drug-likeness (QED) is 0.799. The van der Waals surface area contributed by atoms with Gasteiger partial charge in [-0.15, -0.1) is 11.3 Å². The summed E-state index contributed by atoms with van der Waals surface area (Å²) in [4.78, 5) is 9.03. The van der Waals surface area contributed by atoms with Crippen LogP contribution in [0.5, 0.6) is 0 Å². The summed E-state index contributed by atoms with van der Waals surface area (Å²) in [6.45, 7) is 0. The van der Waals surface area contributed by atoms with E-state index in [1.807, 2.05) is 11.4 Å². The number of nitrogens with two attached hydrogens (primary N) is 1. The van der Waals surface area contributed by atoms with E-state index in [-0.39, 0.29) is 5.95 Å². The number of nitrogens with zero attached hydrogens (tertiary/aromatic N) is 2. The highest BCUT2D eigenvalue weighted by Crippen LogP contribution is 2.19. The second kappa shape index (κ2) is 3.94. The van der Waals surface area contributed by atoms with E-state index < -0.39 is 0 Å². The number of hydrogen-bond donors (Lipinski definition) is 1. The minimum absolute atomic E-state index is 0.213. The van der Waals surface area contributed by atoms with E-state index in [4.69, 9.17) is 17.3 Å². The molecule has 5 heteroatoms. The summed E-state index contributed by atoms with van der Waals surface area (Å²) >= 11 is 7.61. The Morgan fingerprint density at radius 2 is 2.36 bits per heavy atom. The van der Waals surface area contributed by atoms with Gasteiger partial charge >= 0.3 is 0 Å². The third-order valence-corrected chi connectivity index (χ3v) is 2.98. The van der Waals surface area contributed by atoms with Crippen LogP contribution in [0.4, 0.5) is 5.95 Å². The number of thiophene rings is 1. The van der Waals surface area contributed by atoms with Crippen molar-refractivity contribution >= 4 is 28.9 Å². The molecule has 0 spiro atoms. The first-order chi connectivity index (χ1) is 6.75. The molecule has 0 saturated carbocycles. The average Bonchev–Trinajstić information content (AvgIpc) is 2.62. The number of anilines is 1. The Hall–Kier alpha value is -1.13. The van der Waals surface area contributed by atoms with Gasteiger partial charge in [0.1, 0.15) is 5.15 Å².